The van der Waals surface area contributed by atoms with Crippen molar-refractivity contribution in [3.8, 4) is 16.9 Å². The Morgan fingerprint density at radius 2 is 1.68 bits per heavy atom. The molecule has 1 amide bonds. The van der Waals surface area contributed by atoms with Crippen LogP contribution >= 0.6 is 0 Å². The molecule has 0 aliphatic rings. The molecule has 0 aliphatic heterocycles. The number of hydrogen-bond acceptors (Lipinski definition) is 2. The number of aryl methyl sites for hydroxylation is 3. The molecule has 0 fully saturated rings. The van der Waals surface area contributed by atoms with Gasteiger partial charge in [0.15, 0.2) is 0 Å². The van der Waals surface area contributed by atoms with Gasteiger partial charge in [-0.3, -0.25) is 4.79 Å². The van der Waals surface area contributed by atoms with Crippen molar-refractivity contribution < 1.29 is 4.79 Å². The normalized spacial score (nSPS) is 10.8. The zero-order valence-corrected chi connectivity index (χ0v) is 18.0. The van der Waals surface area contributed by atoms with Crippen LogP contribution in [0, 0.1) is 13.8 Å². The van der Waals surface area contributed by atoms with Crippen LogP contribution in [0.3, 0.4) is 0 Å². The summed E-state index contributed by atoms with van der Waals surface area (Å²) in [5, 5.41) is 7.88. The van der Waals surface area contributed by atoms with E-state index in [1.54, 1.807) is 0 Å². The van der Waals surface area contributed by atoms with Crippen molar-refractivity contribution in [2.24, 2.45) is 0 Å². The van der Waals surface area contributed by atoms with Crippen LogP contribution in [0.15, 0.2) is 85.1 Å². The standard InChI is InChI=1S/C27H27N3O/c1-20-11-13-23(14-12-20)27-24(19-30(29-27)25-9-4-3-5-10-25)15-16-26(31)28-18-22-8-6-7-21(2)17-22/h3-14,17,19H,15-16,18H2,1-2H3,(H,28,31). The highest BCUT2D eigenvalue weighted by atomic mass is 16.1. The highest BCUT2D eigenvalue weighted by Gasteiger charge is 2.14. The zero-order chi connectivity index (χ0) is 21.6. The van der Waals surface area contributed by atoms with Crippen LogP contribution in [-0.4, -0.2) is 15.7 Å². The van der Waals surface area contributed by atoms with Crippen molar-refractivity contribution in [1.29, 1.82) is 0 Å². The fraction of sp³-hybridized carbons (Fsp3) is 0.185. The zero-order valence-electron chi connectivity index (χ0n) is 18.0. The summed E-state index contributed by atoms with van der Waals surface area (Å²) in [5.41, 5.74) is 7.59. The van der Waals surface area contributed by atoms with E-state index in [-0.39, 0.29) is 5.91 Å². The van der Waals surface area contributed by atoms with Crippen molar-refractivity contribution in [1.82, 2.24) is 15.1 Å². The molecule has 4 nitrogen and oxygen atoms in total. The molecule has 4 rings (SSSR count). The molecule has 4 heteroatoms. The Kier molecular flexibility index (Phi) is 6.27. The van der Waals surface area contributed by atoms with Crippen LogP contribution in [0.2, 0.25) is 0 Å². The Morgan fingerprint density at radius 1 is 0.903 bits per heavy atom. The smallest absolute Gasteiger partial charge is 0.220 e. The molecule has 0 aliphatic carbocycles. The number of carbonyl (C=O) groups is 1. The third-order valence-corrected chi connectivity index (χ3v) is 5.33. The van der Waals surface area contributed by atoms with Gasteiger partial charge in [-0.1, -0.05) is 77.9 Å². The van der Waals surface area contributed by atoms with Crippen molar-refractivity contribution in [3.05, 3.63) is 107 Å². The second-order valence-corrected chi connectivity index (χ2v) is 7.91. The SMILES string of the molecule is Cc1ccc(-c2nn(-c3ccccc3)cc2CCC(=O)NCc2cccc(C)c2)cc1. The molecule has 31 heavy (non-hydrogen) atoms. The average Bonchev–Trinajstić information content (AvgIpc) is 3.22. The monoisotopic (exact) mass is 409 g/mol. The van der Waals surface area contributed by atoms with Gasteiger partial charge in [-0.05, 0) is 43.5 Å². The maximum atomic E-state index is 12.5. The first-order chi connectivity index (χ1) is 15.1. The third-order valence-electron chi connectivity index (χ3n) is 5.33. The van der Waals surface area contributed by atoms with Gasteiger partial charge < -0.3 is 5.32 Å². The first kappa shape index (κ1) is 20.6. The van der Waals surface area contributed by atoms with E-state index in [0.29, 0.717) is 19.4 Å². The van der Waals surface area contributed by atoms with Gasteiger partial charge in [-0.15, -0.1) is 0 Å². The number of carbonyl (C=O) groups excluding carboxylic acids is 1. The molecule has 1 N–H and O–H groups in total. The molecule has 0 bridgehead atoms. The Hall–Kier alpha value is -3.66. The first-order valence-corrected chi connectivity index (χ1v) is 10.6. The van der Waals surface area contributed by atoms with E-state index in [9.17, 15) is 4.79 Å². The van der Waals surface area contributed by atoms with E-state index in [2.05, 4.69) is 55.6 Å². The molecular weight excluding hydrogens is 382 g/mol. The minimum absolute atomic E-state index is 0.0452. The molecule has 156 valence electrons. The lowest BCUT2D eigenvalue weighted by molar-refractivity contribution is -0.121. The molecule has 3 aromatic carbocycles. The Morgan fingerprint density at radius 3 is 2.42 bits per heavy atom. The van der Waals surface area contributed by atoms with Gasteiger partial charge in [0.2, 0.25) is 5.91 Å². The van der Waals surface area contributed by atoms with Gasteiger partial charge in [-0.25, -0.2) is 4.68 Å². The van der Waals surface area contributed by atoms with Gasteiger partial charge in [0, 0.05) is 24.7 Å². The fourth-order valence-electron chi connectivity index (χ4n) is 3.62. The lowest BCUT2D eigenvalue weighted by atomic mass is 10.0. The predicted octanol–water partition coefficient (Wildman–Crippen LogP) is 5.41. The summed E-state index contributed by atoms with van der Waals surface area (Å²) in [6.45, 7) is 4.68. The Balaban J connectivity index is 1.50. The highest BCUT2D eigenvalue weighted by molar-refractivity contribution is 5.76. The molecule has 0 spiro atoms. The number of aromatic nitrogens is 2. The van der Waals surface area contributed by atoms with Crippen LogP contribution in [0.1, 0.15) is 28.7 Å². The first-order valence-electron chi connectivity index (χ1n) is 10.6. The Labute approximate surface area is 183 Å². The molecule has 0 atom stereocenters. The summed E-state index contributed by atoms with van der Waals surface area (Å²) in [6, 6.07) is 26.6. The third kappa shape index (κ3) is 5.28. The topological polar surface area (TPSA) is 46.9 Å². The predicted molar refractivity (Wildman–Crippen MR) is 125 cm³/mol. The molecule has 1 aromatic heterocycles. The van der Waals surface area contributed by atoms with E-state index in [1.807, 2.05) is 53.3 Å². The van der Waals surface area contributed by atoms with Crippen LogP contribution in [0.4, 0.5) is 0 Å². The van der Waals surface area contributed by atoms with Crippen molar-refractivity contribution in [2.75, 3.05) is 0 Å². The lowest BCUT2D eigenvalue weighted by Crippen LogP contribution is -2.23. The largest absolute Gasteiger partial charge is 0.352 e. The summed E-state index contributed by atoms with van der Waals surface area (Å²) < 4.78 is 1.90. The van der Waals surface area contributed by atoms with Crippen molar-refractivity contribution >= 4 is 5.91 Å². The van der Waals surface area contributed by atoms with Crippen molar-refractivity contribution in [3.63, 3.8) is 0 Å². The number of nitrogens with one attached hydrogen (secondary N) is 1. The number of benzene rings is 3. The summed E-state index contributed by atoms with van der Waals surface area (Å²) in [6.07, 6.45) is 3.10. The van der Waals surface area contributed by atoms with E-state index in [1.165, 1.54) is 11.1 Å². The molecule has 0 saturated heterocycles. The minimum Gasteiger partial charge on any atom is -0.352 e. The van der Waals surface area contributed by atoms with Gasteiger partial charge in [0.05, 0.1) is 11.4 Å². The number of nitrogens with zero attached hydrogens (tertiary/aromatic N) is 2. The number of amides is 1. The van der Waals surface area contributed by atoms with Crippen LogP contribution in [0.5, 0.6) is 0 Å². The minimum atomic E-state index is 0.0452. The van der Waals surface area contributed by atoms with E-state index < -0.39 is 0 Å². The highest BCUT2D eigenvalue weighted by Crippen LogP contribution is 2.25. The van der Waals surface area contributed by atoms with Gasteiger partial charge >= 0.3 is 0 Å². The number of para-hydroxylation sites is 1. The van der Waals surface area contributed by atoms with Crippen LogP contribution < -0.4 is 5.32 Å². The fourth-order valence-corrected chi connectivity index (χ4v) is 3.62. The summed E-state index contributed by atoms with van der Waals surface area (Å²) in [7, 11) is 0. The Bertz CT molecular complexity index is 1160. The van der Waals surface area contributed by atoms with E-state index in [0.717, 1.165) is 28.1 Å². The lowest BCUT2D eigenvalue weighted by Gasteiger charge is -2.07. The number of rotatable bonds is 7. The number of hydrogen-bond donors (Lipinski definition) is 1. The van der Waals surface area contributed by atoms with Crippen LogP contribution in [0.25, 0.3) is 16.9 Å². The summed E-state index contributed by atoms with van der Waals surface area (Å²) >= 11 is 0. The molecule has 4 aromatic rings. The van der Waals surface area contributed by atoms with Crippen LogP contribution in [-0.2, 0) is 17.8 Å². The molecular formula is C27H27N3O. The molecule has 1 heterocycles. The van der Waals surface area contributed by atoms with E-state index >= 15 is 0 Å². The maximum Gasteiger partial charge on any atom is 0.220 e. The summed E-state index contributed by atoms with van der Waals surface area (Å²) in [4.78, 5) is 12.5. The van der Waals surface area contributed by atoms with Gasteiger partial charge in [0.1, 0.15) is 0 Å². The molecule has 0 radical (unpaired) electrons. The second-order valence-electron chi connectivity index (χ2n) is 7.91. The van der Waals surface area contributed by atoms with Crippen molar-refractivity contribution in [2.45, 2.75) is 33.2 Å². The second kappa shape index (κ2) is 9.43. The van der Waals surface area contributed by atoms with Gasteiger partial charge in [-0.2, -0.15) is 5.10 Å². The quantitative estimate of drug-likeness (QED) is 0.444. The van der Waals surface area contributed by atoms with E-state index in [4.69, 9.17) is 5.10 Å². The molecule has 0 unspecified atom stereocenters. The average molecular weight is 410 g/mol. The maximum absolute atomic E-state index is 12.5. The molecule has 0 saturated carbocycles. The van der Waals surface area contributed by atoms with Gasteiger partial charge in [0.25, 0.3) is 0 Å². The summed E-state index contributed by atoms with van der Waals surface area (Å²) in [5.74, 6) is 0.0452.